The summed E-state index contributed by atoms with van der Waals surface area (Å²) in [5.74, 6) is 2.32. The van der Waals surface area contributed by atoms with E-state index >= 15 is 0 Å². The Labute approximate surface area is 223 Å². The molecule has 0 atom stereocenters. The van der Waals surface area contributed by atoms with Crippen LogP contribution < -0.4 is 4.90 Å². The van der Waals surface area contributed by atoms with E-state index in [2.05, 4.69) is 36.9 Å². The minimum absolute atomic E-state index is 0.116. The van der Waals surface area contributed by atoms with E-state index in [1.165, 1.54) is 25.7 Å². The highest BCUT2D eigenvalue weighted by molar-refractivity contribution is 5.69. The molecule has 0 aromatic heterocycles. The van der Waals surface area contributed by atoms with Crippen molar-refractivity contribution in [3.05, 3.63) is 29.8 Å². The van der Waals surface area contributed by atoms with Crippen LogP contribution in [0.15, 0.2) is 24.3 Å². The van der Waals surface area contributed by atoms with Crippen LogP contribution in [0.1, 0.15) is 72.3 Å². The molecule has 1 amide bonds. The van der Waals surface area contributed by atoms with Crippen molar-refractivity contribution < 1.29 is 19.0 Å². The van der Waals surface area contributed by atoms with Crippen molar-refractivity contribution in [2.75, 3.05) is 44.3 Å². The molecule has 2 heterocycles. The minimum atomic E-state index is -0.487. The third kappa shape index (κ3) is 7.39. The maximum atomic E-state index is 12.3. The summed E-state index contributed by atoms with van der Waals surface area (Å²) >= 11 is 0. The molecule has 1 aromatic carbocycles. The molecule has 7 heteroatoms. The van der Waals surface area contributed by atoms with Crippen molar-refractivity contribution in [2.24, 2.45) is 23.2 Å². The van der Waals surface area contributed by atoms with E-state index in [0.29, 0.717) is 37.8 Å². The van der Waals surface area contributed by atoms with Crippen LogP contribution in [0.4, 0.5) is 10.5 Å². The molecule has 3 fully saturated rings. The Morgan fingerprint density at radius 1 is 1.14 bits per heavy atom. The largest absolute Gasteiger partial charge is 0.444 e. The summed E-state index contributed by atoms with van der Waals surface area (Å²) in [5.41, 5.74) is 1.24. The van der Waals surface area contributed by atoms with Gasteiger partial charge in [0.1, 0.15) is 5.60 Å². The number of amides is 1. The zero-order chi connectivity index (χ0) is 26.6. The number of carbonyl (C=O) groups excluding carboxylic acids is 1. The van der Waals surface area contributed by atoms with Crippen LogP contribution in [-0.4, -0.2) is 62.3 Å². The third-order valence-corrected chi connectivity index (χ3v) is 8.16. The Kier molecular flexibility index (Phi) is 8.70. The molecule has 3 aliphatic rings. The number of ether oxygens (including phenoxy) is 3. The van der Waals surface area contributed by atoms with Crippen LogP contribution in [-0.2, 0) is 14.2 Å². The molecule has 204 valence electrons. The van der Waals surface area contributed by atoms with E-state index in [0.717, 1.165) is 37.0 Å². The SMILES string of the molecule is CC(C)C1CCC(CN(CCC2OCC3(CO2)CN(C(=O)OC(C)(C)C)C3)c2ccc(C#N)cc2)CC1. The van der Waals surface area contributed by atoms with Gasteiger partial charge >= 0.3 is 6.09 Å². The summed E-state index contributed by atoms with van der Waals surface area (Å²) in [6.07, 6.45) is 5.49. The lowest BCUT2D eigenvalue weighted by atomic mass is 9.77. The summed E-state index contributed by atoms with van der Waals surface area (Å²) in [5, 5.41) is 9.21. The first-order valence-electron chi connectivity index (χ1n) is 14.0. The monoisotopic (exact) mass is 511 g/mol. The smallest absolute Gasteiger partial charge is 0.410 e. The van der Waals surface area contributed by atoms with Crippen LogP contribution in [0.3, 0.4) is 0 Å². The molecular formula is C30H45N3O4. The summed E-state index contributed by atoms with van der Waals surface area (Å²) in [6, 6.07) is 10.2. The predicted octanol–water partition coefficient (Wildman–Crippen LogP) is 5.83. The molecule has 0 unspecified atom stereocenters. The molecule has 0 bridgehead atoms. The second kappa shape index (κ2) is 11.6. The van der Waals surface area contributed by atoms with Gasteiger partial charge in [-0.05, 0) is 88.5 Å². The van der Waals surface area contributed by atoms with Gasteiger partial charge in [0.2, 0.25) is 0 Å². The lowest BCUT2D eigenvalue weighted by Crippen LogP contribution is -2.65. The van der Waals surface area contributed by atoms with Gasteiger partial charge in [0, 0.05) is 38.3 Å². The summed E-state index contributed by atoms with van der Waals surface area (Å²) in [7, 11) is 0. The van der Waals surface area contributed by atoms with Crippen molar-refractivity contribution in [3.8, 4) is 6.07 Å². The van der Waals surface area contributed by atoms with Gasteiger partial charge < -0.3 is 24.0 Å². The fourth-order valence-electron chi connectivity index (χ4n) is 5.88. The Hall–Kier alpha value is -2.30. The number of nitriles is 1. The number of hydrogen-bond donors (Lipinski definition) is 0. The first-order valence-corrected chi connectivity index (χ1v) is 14.0. The molecule has 2 aliphatic heterocycles. The number of likely N-dealkylation sites (tertiary alicyclic amines) is 1. The van der Waals surface area contributed by atoms with Crippen molar-refractivity contribution >= 4 is 11.8 Å². The third-order valence-electron chi connectivity index (χ3n) is 8.16. The van der Waals surface area contributed by atoms with Crippen molar-refractivity contribution in [1.82, 2.24) is 4.90 Å². The van der Waals surface area contributed by atoms with Gasteiger partial charge in [-0.2, -0.15) is 5.26 Å². The number of anilines is 1. The maximum absolute atomic E-state index is 12.3. The molecular weight excluding hydrogens is 466 g/mol. The quantitative estimate of drug-likeness (QED) is 0.459. The van der Waals surface area contributed by atoms with Gasteiger partial charge in [0.25, 0.3) is 0 Å². The molecule has 1 aliphatic carbocycles. The van der Waals surface area contributed by atoms with Crippen LogP contribution in [0.2, 0.25) is 0 Å². The fraction of sp³-hybridized carbons (Fsp3) is 0.733. The molecule has 4 rings (SSSR count). The highest BCUT2D eigenvalue weighted by Crippen LogP contribution is 2.37. The summed E-state index contributed by atoms with van der Waals surface area (Å²) in [4.78, 5) is 16.5. The van der Waals surface area contributed by atoms with E-state index in [4.69, 9.17) is 14.2 Å². The van der Waals surface area contributed by atoms with Crippen LogP contribution >= 0.6 is 0 Å². The summed E-state index contributed by atoms with van der Waals surface area (Å²) in [6.45, 7) is 14.7. The number of nitrogens with zero attached hydrogens (tertiary/aromatic N) is 3. The topological polar surface area (TPSA) is 75.0 Å². The van der Waals surface area contributed by atoms with Gasteiger partial charge in [-0.3, -0.25) is 0 Å². The Bertz CT molecular complexity index is 925. The summed E-state index contributed by atoms with van der Waals surface area (Å²) < 4.78 is 17.8. The molecule has 2 saturated heterocycles. The highest BCUT2D eigenvalue weighted by Gasteiger charge is 2.49. The zero-order valence-electron chi connectivity index (χ0n) is 23.4. The standard InChI is InChI=1S/C30H45N3O4/c1-22(2)25-10-6-24(7-11-25)17-32(26-12-8-23(16-31)9-13-26)15-14-27-35-20-30(21-36-27)18-33(19-30)28(34)37-29(3,4)5/h8-9,12-13,22,24-25,27H,6-7,10-11,14-15,17-21H2,1-5H3. The number of carbonyl (C=O) groups is 1. The van der Waals surface area contributed by atoms with E-state index in [9.17, 15) is 10.1 Å². The average molecular weight is 512 g/mol. The van der Waals surface area contributed by atoms with Gasteiger partial charge in [0.15, 0.2) is 6.29 Å². The molecule has 1 aromatic rings. The predicted molar refractivity (Wildman–Crippen MR) is 144 cm³/mol. The van der Waals surface area contributed by atoms with Crippen molar-refractivity contribution in [1.29, 1.82) is 5.26 Å². The van der Waals surface area contributed by atoms with Crippen molar-refractivity contribution in [2.45, 2.75) is 78.6 Å². The van der Waals surface area contributed by atoms with Gasteiger partial charge in [-0.25, -0.2) is 4.79 Å². The van der Waals surface area contributed by atoms with Gasteiger partial charge in [0.05, 0.1) is 30.3 Å². The molecule has 37 heavy (non-hydrogen) atoms. The Morgan fingerprint density at radius 3 is 2.30 bits per heavy atom. The minimum Gasteiger partial charge on any atom is -0.444 e. The van der Waals surface area contributed by atoms with E-state index < -0.39 is 5.60 Å². The molecule has 7 nitrogen and oxygen atoms in total. The number of rotatable bonds is 7. The molecule has 1 spiro atoms. The van der Waals surface area contributed by atoms with Crippen LogP contribution in [0, 0.1) is 34.5 Å². The molecule has 1 saturated carbocycles. The molecule has 0 radical (unpaired) electrons. The molecule has 0 N–H and O–H groups in total. The van der Waals surface area contributed by atoms with E-state index in [-0.39, 0.29) is 17.8 Å². The van der Waals surface area contributed by atoms with Crippen molar-refractivity contribution in [3.63, 3.8) is 0 Å². The van der Waals surface area contributed by atoms with Gasteiger partial charge in [-0.1, -0.05) is 13.8 Å². The van der Waals surface area contributed by atoms with Crippen LogP contribution in [0.25, 0.3) is 0 Å². The maximum Gasteiger partial charge on any atom is 0.410 e. The lowest BCUT2D eigenvalue weighted by Gasteiger charge is -2.52. The number of benzene rings is 1. The lowest BCUT2D eigenvalue weighted by molar-refractivity contribution is -0.254. The van der Waals surface area contributed by atoms with E-state index in [1.807, 2.05) is 32.9 Å². The average Bonchev–Trinajstić information content (AvgIpc) is 2.84. The second-order valence-electron chi connectivity index (χ2n) is 12.8. The van der Waals surface area contributed by atoms with Crippen LogP contribution in [0.5, 0.6) is 0 Å². The number of hydrogen-bond acceptors (Lipinski definition) is 6. The van der Waals surface area contributed by atoms with E-state index in [1.54, 1.807) is 4.90 Å². The first-order chi connectivity index (χ1) is 17.6. The Balaban J connectivity index is 1.28. The second-order valence-corrected chi connectivity index (χ2v) is 12.8. The highest BCUT2D eigenvalue weighted by atomic mass is 16.7. The zero-order valence-corrected chi connectivity index (χ0v) is 23.4. The van der Waals surface area contributed by atoms with Gasteiger partial charge in [-0.15, -0.1) is 0 Å². The normalized spacial score (nSPS) is 24.0. The Morgan fingerprint density at radius 2 is 1.76 bits per heavy atom. The fourth-order valence-corrected chi connectivity index (χ4v) is 5.88. The first kappa shape index (κ1) is 27.7.